The summed E-state index contributed by atoms with van der Waals surface area (Å²) in [6.45, 7) is 17.4. The lowest BCUT2D eigenvalue weighted by Crippen LogP contribution is -2.51. The third-order valence-corrected chi connectivity index (χ3v) is 5.86. The summed E-state index contributed by atoms with van der Waals surface area (Å²) in [5, 5.41) is 5.64. The summed E-state index contributed by atoms with van der Waals surface area (Å²) in [7, 11) is 0. The third-order valence-electron chi connectivity index (χ3n) is 5.86. The number of nitrogens with one attached hydrogen (secondary N) is 2. The minimum absolute atomic E-state index is 0.229. The van der Waals surface area contributed by atoms with E-state index in [4.69, 9.17) is 4.74 Å². The van der Waals surface area contributed by atoms with Crippen molar-refractivity contribution in [1.82, 2.24) is 15.5 Å². The van der Waals surface area contributed by atoms with E-state index in [1.54, 1.807) is 25.7 Å². The number of hydrogen-bond acceptors (Lipinski definition) is 4. The largest absolute Gasteiger partial charge is 0.444 e. The molecule has 0 aromatic heterocycles. The van der Waals surface area contributed by atoms with Gasteiger partial charge in [-0.1, -0.05) is 57.2 Å². The summed E-state index contributed by atoms with van der Waals surface area (Å²) < 4.78 is 5.30. The maximum absolute atomic E-state index is 13.7. The molecule has 0 aliphatic heterocycles. The highest BCUT2D eigenvalue weighted by Crippen LogP contribution is 2.28. The maximum atomic E-state index is 13.7. The molecule has 7 nitrogen and oxygen atoms in total. The number of nitrogens with zero attached hydrogens (tertiary/aromatic N) is 1. The van der Waals surface area contributed by atoms with Crippen LogP contribution in [0.15, 0.2) is 18.2 Å². The van der Waals surface area contributed by atoms with Crippen LogP contribution < -0.4 is 10.6 Å². The van der Waals surface area contributed by atoms with Crippen molar-refractivity contribution in [1.29, 1.82) is 0 Å². The van der Waals surface area contributed by atoms with E-state index in [0.717, 1.165) is 42.4 Å². The van der Waals surface area contributed by atoms with Crippen molar-refractivity contribution in [3.63, 3.8) is 0 Å². The van der Waals surface area contributed by atoms with Crippen LogP contribution in [0.4, 0.5) is 4.79 Å². The van der Waals surface area contributed by atoms with Crippen molar-refractivity contribution in [2.24, 2.45) is 0 Å². The fourth-order valence-corrected chi connectivity index (χ4v) is 3.98. The number of amides is 3. The van der Waals surface area contributed by atoms with Crippen LogP contribution in [-0.4, -0.2) is 47.0 Å². The molecule has 2 N–H and O–H groups in total. The van der Waals surface area contributed by atoms with Crippen LogP contribution in [-0.2, 0) is 14.3 Å². The van der Waals surface area contributed by atoms with Gasteiger partial charge in [-0.2, -0.15) is 0 Å². The van der Waals surface area contributed by atoms with Crippen molar-refractivity contribution in [3.05, 3.63) is 34.9 Å². The van der Waals surface area contributed by atoms with E-state index in [-0.39, 0.29) is 18.4 Å². The molecule has 0 spiro atoms. The van der Waals surface area contributed by atoms with Gasteiger partial charge in [0, 0.05) is 12.1 Å². The zero-order chi connectivity index (χ0) is 27.5. The summed E-state index contributed by atoms with van der Waals surface area (Å²) >= 11 is 0. The molecule has 0 saturated heterocycles. The standard InChI is InChI=1S/C29H49N3O4/c1-10-11-12-13-14-15-19-32(24(33)20-30-27(35)36-29(7,8)9)25(26(34)31-28(4,5)6)23-18-16-17-21(2)22(23)3/h16-18,25H,10-15,19-20H2,1-9H3,(H,30,35)(H,31,34). The number of carbonyl (C=O) groups is 3. The van der Waals surface area contributed by atoms with Gasteiger partial charge in [-0.05, 0) is 78.5 Å². The van der Waals surface area contributed by atoms with Crippen molar-refractivity contribution >= 4 is 17.9 Å². The lowest BCUT2D eigenvalue weighted by atomic mass is 9.94. The Kier molecular flexibility index (Phi) is 12.4. The van der Waals surface area contributed by atoms with Gasteiger partial charge in [0.05, 0.1) is 0 Å². The molecule has 0 bridgehead atoms. The van der Waals surface area contributed by atoms with Crippen molar-refractivity contribution in [2.75, 3.05) is 13.1 Å². The Bertz CT molecular complexity index is 868. The SMILES string of the molecule is CCCCCCCCN(C(=O)CNC(=O)OC(C)(C)C)C(C(=O)NC(C)(C)C)c1cccc(C)c1C. The van der Waals surface area contributed by atoms with Gasteiger partial charge < -0.3 is 20.3 Å². The molecule has 0 aliphatic rings. The van der Waals surface area contributed by atoms with Gasteiger partial charge in [0.15, 0.2) is 0 Å². The number of rotatable bonds is 12. The first-order valence-corrected chi connectivity index (χ1v) is 13.3. The van der Waals surface area contributed by atoms with Crippen molar-refractivity contribution in [2.45, 2.75) is 118 Å². The Morgan fingerprint density at radius 1 is 0.944 bits per heavy atom. The van der Waals surface area contributed by atoms with Gasteiger partial charge in [0.1, 0.15) is 18.2 Å². The Labute approximate surface area is 218 Å². The van der Waals surface area contributed by atoms with Crippen molar-refractivity contribution < 1.29 is 19.1 Å². The molecule has 0 aliphatic carbocycles. The van der Waals surface area contributed by atoms with E-state index in [1.165, 1.54) is 12.8 Å². The maximum Gasteiger partial charge on any atom is 0.408 e. The number of hydrogen-bond donors (Lipinski definition) is 2. The normalized spacial score (nSPS) is 12.6. The second-order valence-corrected chi connectivity index (χ2v) is 11.6. The van der Waals surface area contributed by atoms with E-state index in [2.05, 4.69) is 17.6 Å². The van der Waals surface area contributed by atoms with Crippen molar-refractivity contribution in [3.8, 4) is 0 Å². The Balaban J connectivity index is 3.27. The molecular weight excluding hydrogens is 454 g/mol. The molecule has 204 valence electrons. The quantitative estimate of drug-likeness (QED) is 0.344. The highest BCUT2D eigenvalue weighted by molar-refractivity contribution is 5.91. The molecular formula is C29H49N3O4. The first-order valence-electron chi connectivity index (χ1n) is 13.3. The zero-order valence-electron chi connectivity index (χ0n) is 24.0. The monoisotopic (exact) mass is 503 g/mol. The zero-order valence-corrected chi connectivity index (χ0v) is 24.0. The number of carbonyl (C=O) groups excluding carboxylic acids is 3. The predicted molar refractivity (Wildman–Crippen MR) is 146 cm³/mol. The average Bonchev–Trinajstić information content (AvgIpc) is 2.73. The molecule has 36 heavy (non-hydrogen) atoms. The van der Waals surface area contributed by atoms with Gasteiger partial charge in [-0.15, -0.1) is 0 Å². The van der Waals surface area contributed by atoms with Gasteiger partial charge in [0.2, 0.25) is 11.8 Å². The van der Waals surface area contributed by atoms with Gasteiger partial charge in [-0.3, -0.25) is 9.59 Å². The Morgan fingerprint density at radius 3 is 2.14 bits per heavy atom. The van der Waals surface area contributed by atoms with Crippen LogP contribution in [0, 0.1) is 13.8 Å². The van der Waals surface area contributed by atoms with E-state index in [9.17, 15) is 14.4 Å². The van der Waals surface area contributed by atoms with Crippen LogP contribution in [0.3, 0.4) is 0 Å². The summed E-state index contributed by atoms with van der Waals surface area (Å²) in [5.41, 5.74) is 1.70. The summed E-state index contributed by atoms with van der Waals surface area (Å²) in [6.07, 6.45) is 5.72. The molecule has 1 aromatic carbocycles. The number of ether oxygens (including phenoxy) is 1. The second kappa shape index (κ2) is 14.2. The first kappa shape index (κ1) is 31.5. The highest BCUT2D eigenvalue weighted by Gasteiger charge is 2.34. The average molecular weight is 504 g/mol. The Morgan fingerprint density at radius 2 is 1.56 bits per heavy atom. The van der Waals surface area contributed by atoms with Gasteiger partial charge in [0.25, 0.3) is 0 Å². The lowest BCUT2D eigenvalue weighted by molar-refractivity contribution is -0.141. The number of benzene rings is 1. The smallest absolute Gasteiger partial charge is 0.408 e. The highest BCUT2D eigenvalue weighted by atomic mass is 16.6. The van der Waals surface area contributed by atoms with E-state index in [0.29, 0.717) is 6.54 Å². The van der Waals surface area contributed by atoms with Crippen LogP contribution in [0.5, 0.6) is 0 Å². The summed E-state index contributed by atoms with van der Waals surface area (Å²) in [6, 6.07) is 5.04. The molecule has 1 rings (SSSR count). The number of unbranched alkanes of at least 4 members (excludes halogenated alkanes) is 5. The Hall–Kier alpha value is -2.57. The minimum Gasteiger partial charge on any atom is -0.444 e. The molecule has 3 amide bonds. The summed E-state index contributed by atoms with van der Waals surface area (Å²) in [4.78, 5) is 41.0. The van der Waals surface area contributed by atoms with Gasteiger partial charge in [-0.25, -0.2) is 4.79 Å². The minimum atomic E-state index is -0.798. The van der Waals surface area contributed by atoms with E-state index < -0.39 is 23.3 Å². The van der Waals surface area contributed by atoms with E-state index >= 15 is 0 Å². The number of aryl methyl sites for hydroxylation is 1. The molecule has 0 fully saturated rings. The molecule has 1 unspecified atom stereocenters. The number of alkyl carbamates (subject to hydrolysis) is 1. The molecule has 1 atom stereocenters. The molecule has 7 heteroatoms. The fraction of sp³-hybridized carbons (Fsp3) is 0.690. The van der Waals surface area contributed by atoms with Crippen LogP contribution in [0.2, 0.25) is 0 Å². The lowest BCUT2D eigenvalue weighted by Gasteiger charge is -2.35. The molecule has 0 saturated carbocycles. The predicted octanol–water partition coefficient (Wildman–Crippen LogP) is 5.97. The third kappa shape index (κ3) is 11.4. The summed E-state index contributed by atoms with van der Waals surface area (Å²) in [5.74, 6) is -0.544. The van der Waals surface area contributed by atoms with Crippen LogP contribution in [0.25, 0.3) is 0 Å². The van der Waals surface area contributed by atoms with Gasteiger partial charge >= 0.3 is 6.09 Å². The molecule has 0 radical (unpaired) electrons. The van der Waals surface area contributed by atoms with Crippen LogP contribution >= 0.6 is 0 Å². The van der Waals surface area contributed by atoms with E-state index in [1.807, 2.05) is 52.8 Å². The molecule has 1 aromatic rings. The first-order chi connectivity index (χ1) is 16.7. The topological polar surface area (TPSA) is 87.7 Å². The van der Waals surface area contributed by atoms with Crippen LogP contribution in [0.1, 0.15) is 110 Å². The second-order valence-electron chi connectivity index (χ2n) is 11.6. The fourth-order valence-electron chi connectivity index (χ4n) is 3.98. The molecule has 0 heterocycles.